The summed E-state index contributed by atoms with van der Waals surface area (Å²) in [6.07, 6.45) is 12.8. The van der Waals surface area contributed by atoms with Gasteiger partial charge in [-0.25, -0.2) is 0 Å². The smallest absolute Gasteiger partial charge is 0.219 e. The van der Waals surface area contributed by atoms with E-state index >= 15 is 0 Å². The molecule has 0 aromatic carbocycles. The fraction of sp³-hybridized carbons (Fsp3) is 0.583. The number of unbranched alkanes of at least 4 members (excludes halogenated alkanes) is 3. The Morgan fingerprint density at radius 3 is 2.67 bits per heavy atom. The highest BCUT2D eigenvalue weighted by Gasteiger charge is 2.00. The SMILES string of the molecule is CCCCC/C=C/C=C/C(N)CC(N)=O. The molecule has 0 heterocycles. The van der Waals surface area contributed by atoms with Crippen LogP contribution in [0.25, 0.3) is 0 Å². The number of allylic oxidation sites excluding steroid dienone is 3. The molecule has 3 nitrogen and oxygen atoms in total. The second-order valence-electron chi connectivity index (χ2n) is 3.64. The number of carbonyl (C=O) groups excluding carboxylic acids is 1. The Bertz CT molecular complexity index is 222. The Hall–Kier alpha value is -1.09. The summed E-state index contributed by atoms with van der Waals surface area (Å²) in [5.74, 6) is -0.362. The van der Waals surface area contributed by atoms with Crippen LogP contribution in [0.15, 0.2) is 24.3 Å². The van der Waals surface area contributed by atoms with Gasteiger partial charge in [0.05, 0.1) is 0 Å². The van der Waals surface area contributed by atoms with Gasteiger partial charge in [-0.15, -0.1) is 0 Å². The summed E-state index contributed by atoms with van der Waals surface area (Å²) in [6, 6.07) is -0.261. The van der Waals surface area contributed by atoms with Crippen molar-refractivity contribution in [1.29, 1.82) is 0 Å². The maximum Gasteiger partial charge on any atom is 0.219 e. The monoisotopic (exact) mass is 210 g/mol. The lowest BCUT2D eigenvalue weighted by molar-refractivity contribution is -0.118. The van der Waals surface area contributed by atoms with Crippen LogP contribution in [0.2, 0.25) is 0 Å². The van der Waals surface area contributed by atoms with E-state index < -0.39 is 0 Å². The van der Waals surface area contributed by atoms with E-state index in [0.29, 0.717) is 0 Å². The molecule has 3 heteroatoms. The average Bonchev–Trinajstić information content (AvgIpc) is 2.15. The van der Waals surface area contributed by atoms with E-state index in [2.05, 4.69) is 13.0 Å². The zero-order valence-electron chi connectivity index (χ0n) is 9.49. The van der Waals surface area contributed by atoms with Crippen LogP contribution in [0, 0.1) is 0 Å². The number of amides is 1. The van der Waals surface area contributed by atoms with Crippen LogP contribution in [-0.4, -0.2) is 11.9 Å². The Kier molecular flexibility index (Phi) is 8.78. The quantitative estimate of drug-likeness (QED) is 0.474. The van der Waals surface area contributed by atoms with Crippen LogP contribution in [0.5, 0.6) is 0 Å². The Labute approximate surface area is 92.2 Å². The normalized spacial score (nSPS) is 13.7. The van der Waals surface area contributed by atoms with E-state index in [0.717, 1.165) is 6.42 Å². The summed E-state index contributed by atoms with van der Waals surface area (Å²) in [4.78, 5) is 10.5. The molecule has 15 heavy (non-hydrogen) atoms. The zero-order valence-corrected chi connectivity index (χ0v) is 9.49. The van der Waals surface area contributed by atoms with Crippen molar-refractivity contribution in [3.8, 4) is 0 Å². The van der Waals surface area contributed by atoms with Gasteiger partial charge in [0, 0.05) is 12.5 Å². The summed E-state index contributed by atoms with van der Waals surface area (Å²) in [7, 11) is 0. The summed E-state index contributed by atoms with van der Waals surface area (Å²) < 4.78 is 0. The third-order valence-electron chi connectivity index (χ3n) is 2.02. The Morgan fingerprint density at radius 1 is 1.33 bits per heavy atom. The standard InChI is InChI=1S/C12H22N2O/c1-2-3-4-5-6-7-8-9-11(13)10-12(14)15/h6-9,11H,2-5,10,13H2,1H3,(H2,14,15)/b7-6+,9-8+. The van der Waals surface area contributed by atoms with E-state index in [1.54, 1.807) is 6.08 Å². The lowest BCUT2D eigenvalue weighted by Gasteiger charge is -2.00. The van der Waals surface area contributed by atoms with E-state index in [1.807, 2.05) is 12.2 Å². The molecule has 1 atom stereocenters. The van der Waals surface area contributed by atoms with Gasteiger partial charge in [-0.2, -0.15) is 0 Å². The summed E-state index contributed by atoms with van der Waals surface area (Å²) in [5, 5.41) is 0. The predicted octanol–water partition coefficient (Wildman–Crippen LogP) is 1.88. The molecule has 1 unspecified atom stereocenters. The predicted molar refractivity (Wildman–Crippen MR) is 64.2 cm³/mol. The number of rotatable bonds is 8. The first kappa shape index (κ1) is 13.9. The second-order valence-corrected chi connectivity index (χ2v) is 3.64. The van der Waals surface area contributed by atoms with Crippen molar-refractivity contribution in [1.82, 2.24) is 0 Å². The first-order chi connectivity index (χ1) is 7.16. The summed E-state index contributed by atoms with van der Waals surface area (Å²) >= 11 is 0. The molecule has 0 aliphatic carbocycles. The zero-order chi connectivity index (χ0) is 11.5. The molecular formula is C12H22N2O. The van der Waals surface area contributed by atoms with Crippen LogP contribution >= 0.6 is 0 Å². The van der Waals surface area contributed by atoms with Crippen molar-refractivity contribution in [3.63, 3.8) is 0 Å². The molecule has 0 aromatic rings. The molecule has 4 N–H and O–H groups in total. The second kappa shape index (κ2) is 9.46. The molecule has 0 spiro atoms. The van der Waals surface area contributed by atoms with Crippen LogP contribution in [0.1, 0.15) is 39.0 Å². The maximum atomic E-state index is 10.5. The molecule has 0 rings (SSSR count). The van der Waals surface area contributed by atoms with Crippen LogP contribution in [0.4, 0.5) is 0 Å². The number of hydrogen-bond acceptors (Lipinski definition) is 2. The van der Waals surface area contributed by atoms with Gasteiger partial charge in [0.25, 0.3) is 0 Å². The molecule has 0 saturated carbocycles. The van der Waals surface area contributed by atoms with E-state index in [9.17, 15) is 4.79 Å². The van der Waals surface area contributed by atoms with Gasteiger partial charge in [0.15, 0.2) is 0 Å². The third-order valence-corrected chi connectivity index (χ3v) is 2.02. The number of hydrogen-bond donors (Lipinski definition) is 2. The minimum atomic E-state index is -0.362. The lowest BCUT2D eigenvalue weighted by Crippen LogP contribution is -2.25. The molecule has 0 aromatic heterocycles. The molecular weight excluding hydrogens is 188 g/mol. The number of primary amides is 1. The number of nitrogens with two attached hydrogens (primary N) is 2. The van der Waals surface area contributed by atoms with Crippen molar-refractivity contribution < 1.29 is 4.79 Å². The first-order valence-electron chi connectivity index (χ1n) is 5.54. The molecule has 0 saturated heterocycles. The minimum Gasteiger partial charge on any atom is -0.370 e. The van der Waals surface area contributed by atoms with Gasteiger partial charge in [-0.05, 0) is 12.8 Å². The fourth-order valence-corrected chi connectivity index (χ4v) is 1.19. The van der Waals surface area contributed by atoms with Crippen LogP contribution in [0.3, 0.4) is 0 Å². The highest BCUT2D eigenvalue weighted by atomic mass is 16.1. The molecule has 0 bridgehead atoms. The van der Waals surface area contributed by atoms with Gasteiger partial charge in [-0.1, -0.05) is 44.1 Å². The molecule has 0 aliphatic rings. The maximum absolute atomic E-state index is 10.5. The summed E-state index contributed by atoms with van der Waals surface area (Å²) in [6.45, 7) is 2.19. The van der Waals surface area contributed by atoms with E-state index in [4.69, 9.17) is 11.5 Å². The Morgan fingerprint density at radius 2 is 2.07 bits per heavy atom. The minimum absolute atomic E-state index is 0.209. The van der Waals surface area contributed by atoms with Crippen molar-refractivity contribution in [3.05, 3.63) is 24.3 Å². The van der Waals surface area contributed by atoms with Crippen LogP contribution in [-0.2, 0) is 4.79 Å². The van der Waals surface area contributed by atoms with Gasteiger partial charge < -0.3 is 11.5 Å². The largest absolute Gasteiger partial charge is 0.370 e. The molecule has 86 valence electrons. The van der Waals surface area contributed by atoms with Crippen molar-refractivity contribution >= 4 is 5.91 Å². The Balaban J connectivity index is 3.55. The summed E-state index contributed by atoms with van der Waals surface area (Å²) in [5.41, 5.74) is 10.6. The van der Waals surface area contributed by atoms with E-state index in [1.165, 1.54) is 19.3 Å². The van der Waals surface area contributed by atoms with Crippen LogP contribution < -0.4 is 11.5 Å². The van der Waals surface area contributed by atoms with Crippen molar-refractivity contribution in [2.75, 3.05) is 0 Å². The third kappa shape index (κ3) is 10.8. The molecule has 0 aliphatic heterocycles. The van der Waals surface area contributed by atoms with Gasteiger partial charge >= 0.3 is 0 Å². The molecule has 0 fully saturated rings. The van der Waals surface area contributed by atoms with Crippen molar-refractivity contribution in [2.24, 2.45) is 11.5 Å². The molecule has 1 amide bonds. The topological polar surface area (TPSA) is 69.1 Å². The van der Waals surface area contributed by atoms with E-state index in [-0.39, 0.29) is 18.4 Å². The van der Waals surface area contributed by atoms with Gasteiger partial charge in [0.2, 0.25) is 5.91 Å². The van der Waals surface area contributed by atoms with Gasteiger partial charge in [-0.3, -0.25) is 4.79 Å². The highest BCUT2D eigenvalue weighted by molar-refractivity contribution is 5.74. The average molecular weight is 210 g/mol. The lowest BCUT2D eigenvalue weighted by atomic mass is 10.2. The highest BCUT2D eigenvalue weighted by Crippen LogP contribution is 1.99. The first-order valence-corrected chi connectivity index (χ1v) is 5.54. The van der Waals surface area contributed by atoms with Crippen molar-refractivity contribution in [2.45, 2.75) is 45.1 Å². The number of carbonyl (C=O) groups is 1. The van der Waals surface area contributed by atoms with Gasteiger partial charge in [0.1, 0.15) is 0 Å². The fourth-order valence-electron chi connectivity index (χ4n) is 1.19. The molecule has 0 radical (unpaired) electrons.